The van der Waals surface area contributed by atoms with Crippen LogP contribution >= 0.6 is 0 Å². The lowest BCUT2D eigenvalue weighted by molar-refractivity contribution is -0.420. The van der Waals surface area contributed by atoms with Gasteiger partial charge in [0.1, 0.15) is 11.6 Å². The Morgan fingerprint density at radius 1 is 1.00 bits per heavy atom. The van der Waals surface area contributed by atoms with Gasteiger partial charge in [0.15, 0.2) is 0 Å². The second-order valence-corrected chi connectivity index (χ2v) is 6.36. The SMILES string of the molecule is CO[C@@](C)(C(=O)[O-])c1cccc2ccccc12.C[C@@H]([NH3+])c1ccccc1. The van der Waals surface area contributed by atoms with Crippen molar-refractivity contribution < 1.29 is 20.4 Å². The summed E-state index contributed by atoms with van der Waals surface area (Å²) < 4.78 is 5.13. The van der Waals surface area contributed by atoms with E-state index in [4.69, 9.17) is 4.74 Å². The lowest BCUT2D eigenvalue weighted by atomic mass is 9.91. The van der Waals surface area contributed by atoms with Crippen molar-refractivity contribution in [1.82, 2.24) is 0 Å². The summed E-state index contributed by atoms with van der Waals surface area (Å²) in [7, 11) is 1.37. The number of rotatable bonds is 4. The van der Waals surface area contributed by atoms with Gasteiger partial charge in [0, 0.05) is 12.7 Å². The molecule has 0 spiro atoms. The minimum Gasteiger partial charge on any atom is -0.547 e. The van der Waals surface area contributed by atoms with E-state index in [-0.39, 0.29) is 0 Å². The van der Waals surface area contributed by atoms with Crippen LogP contribution in [-0.4, -0.2) is 13.1 Å². The number of carboxylic acid groups (broad SMARTS) is 1. The highest BCUT2D eigenvalue weighted by atomic mass is 16.5. The largest absolute Gasteiger partial charge is 0.547 e. The maximum Gasteiger partial charge on any atom is 0.130 e. The van der Waals surface area contributed by atoms with Crippen molar-refractivity contribution in [2.45, 2.75) is 25.5 Å². The van der Waals surface area contributed by atoms with Gasteiger partial charge >= 0.3 is 0 Å². The lowest BCUT2D eigenvalue weighted by Gasteiger charge is -2.30. The molecule has 26 heavy (non-hydrogen) atoms. The Bertz CT molecular complexity index is 856. The van der Waals surface area contributed by atoms with Gasteiger partial charge < -0.3 is 20.4 Å². The third-order valence-corrected chi connectivity index (χ3v) is 4.47. The van der Waals surface area contributed by atoms with Gasteiger partial charge in [-0.3, -0.25) is 0 Å². The smallest absolute Gasteiger partial charge is 0.130 e. The van der Waals surface area contributed by atoms with E-state index in [0.29, 0.717) is 11.6 Å². The van der Waals surface area contributed by atoms with Crippen LogP contribution in [0.2, 0.25) is 0 Å². The van der Waals surface area contributed by atoms with E-state index in [2.05, 4.69) is 24.8 Å². The quantitative estimate of drug-likeness (QED) is 0.784. The van der Waals surface area contributed by atoms with Crippen molar-refractivity contribution in [2.75, 3.05) is 7.11 Å². The zero-order valence-corrected chi connectivity index (χ0v) is 15.4. The molecule has 0 heterocycles. The molecule has 4 heteroatoms. The van der Waals surface area contributed by atoms with E-state index in [1.54, 1.807) is 6.07 Å². The highest BCUT2D eigenvalue weighted by Gasteiger charge is 2.29. The van der Waals surface area contributed by atoms with Crippen LogP contribution in [-0.2, 0) is 15.1 Å². The van der Waals surface area contributed by atoms with Crippen molar-refractivity contribution in [3.8, 4) is 0 Å². The second-order valence-electron chi connectivity index (χ2n) is 6.36. The predicted octanol–water partition coefficient (Wildman–Crippen LogP) is 2.44. The Balaban J connectivity index is 0.000000228. The number of quaternary nitrogens is 1. The average Bonchev–Trinajstić information content (AvgIpc) is 2.68. The number of hydrogen-bond donors (Lipinski definition) is 1. The highest BCUT2D eigenvalue weighted by molar-refractivity contribution is 5.91. The summed E-state index contributed by atoms with van der Waals surface area (Å²) in [6, 6.07) is 23.8. The van der Waals surface area contributed by atoms with E-state index in [0.717, 1.165) is 10.8 Å². The third kappa shape index (κ3) is 4.28. The molecule has 0 unspecified atom stereocenters. The molecule has 0 amide bonds. The van der Waals surface area contributed by atoms with Gasteiger partial charge in [-0.1, -0.05) is 72.8 Å². The zero-order chi connectivity index (χ0) is 19.2. The number of carbonyl (C=O) groups excluding carboxylic acids is 1. The van der Waals surface area contributed by atoms with Crippen LogP contribution in [0.15, 0.2) is 72.8 Å². The molecule has 3 rings (SSSR count). The number of ether oxygens (including phenoxy) is 1. The summed E-state index contributed by atoms with van der Waals surface area (Å²) in [6.07, 6.45) is 0. The summed E-state index contributed by atoms with van der Waals surface area (Å²) in [5, 5.41) is 13.1. The molecule has 2 atom stereocenters. The number of carbonyl (C=O) groups is 1. The molecule has 136 valence electrons. The second kappa shape index (κ2) is 8.61. The van der Waals surface area contributed by atoms with Gasteiger partial charge in [-0.05, 0) is 30.2 Å². The fourth-order valence-corrected chi connectivity index (χ4v) is 2.73. The number of aliphatic carboxylic acids is 1. The molecule has 3 aromatic rings. The molecule has 0 aliphatic heterocycles. The van der Waals surface area contributed by atoms with Gasteiger partial charge in [0.25, 0.3) is 0 Å². The minimum atomic E-state index is -1.43. The van der Waals surface area contributed by atoms with Crippen molar-refractivity contribution in [2.24, 2.45) is 0 Å². The first kappa shape index (κ1) is 19.6. The first-order valence-electron chi connectivity index (χ1n) is 8.53. The maximum atomic E-state index is 11.3. The summed E-state index contributed by atoms with van der Waals surface area (Å²) in [6.45, 7) is 3.60. The molecule has 0 fully saturated rings. The number of fused-ring (bicyclic) bond motifs is 1. The molecule has 0 radical (unpaired) electrons. The van der Waals surface area contributed by atoms with Crippen LogP contribution in [0.1, 0.15) is 31.0 Å². The molecule has 0 saturated heterocycles. The van der Waals surface area contributed by atoms with E-state index < -0.39 is 11.6 Å². The molecule has 3 aromatic carbocycles. The van der Waals surface area contributed by atoms with Gasteiger partial charge in [0.2, 0.25) is 0 Å². The number of benzene rings is 3. The molecule has 0 aromatic heterocycles. The van der Waals surface area contributed by atoms with Gasteiger partial charge in [0.05, 0.1) is 5.97 Å². The Morgan fingerprint density at radius 2 is 1.58 bits per heavy atom. The van der Waals surface area contributed by atoms with Gasteiger partial charge in [-0.15, -0.1) is 0 Å². The summed E-state index contributed by atoms with van der Waals surface area (Å²) >= 11 is 0. The molecule has 0 bridgehead atoms. The molecule has 3 N–H and O–H groups in total. The fourth-order valence-electron chi connectivity index (χ4n) is 2.73. The van der Waals surface area contributed by atoms with Crippen LogP contribution in [0.5, 0.6) is 0 Å². The van der Waals surface area contributed by atoms with Crippen molar-refractivity contribution >= 4 is 16.7 Å². The Kier molecular flexibility index (Phi) is 6.50. The zero-order valence-electron chi connectivity index (χ0n) is 15.4. The molecule has 4 nitrogen and oxygen atoms in total. The monoisotopic (exact) mass is 351 g/mol. The summed E-state index contributed by atoms with van der Waals surface area (Å²) in [5.41, 5.74) is 4.39. The summed E-state index contributed by atoms with van der Waals surface area (Å²) in [5.74, 6) is -1.24. The molecule has 0 aliphatic carbocycles. The Hall–Kier alpha value is -2.69. The number of carboxylic acids is 1. The first-order valence-corrected chi connectivity index (χ1v) is 8.53. The van der Waals surface area contributed by atoms with Crippen molar-refractivity contribution in [1.29, 1.82) is 0 Å². The highest BCUT2D eigenvalue weighted by Crippen LogP contribution is 2.30. The predicted molar refractivity (Wildman–Crippen MR) is 101 cm³/mol. The van der Waals surface area contributed by atoms with E-state index in [1.165, 1.54) is 19.6 Å². The van der Waals surface area contributed by atoms with E-state index >= 15 is 0 Å². The van der Waals surface area contributed by atoms with Crippen LogP contribution in [0.25, 0.3) is 10.8 Å². The van der Waals surface area contributed by atoms with Crippen LogP contribution < -0.4 is 10.8 Å². The van der Waals surface area contributed by atoms with E-state index in [9.17, 15) is 9.90 Å². The summed E-state index contributed by atoms with van der Waals surface area (Å²) in [4.78, 5) is 11.3. The molecule has 0 aliphatic rings. The van der Waals surface area contributed by atoms with Crippen molar-refractivity contribution in [3.63, 3.8) is 0 Å². The fraction of sp³-hybridized carbons (Fsp3) is 0.227. The first-order chi connectivity index (χ1) is 12.4. The normalized spacial score (nSPS) is 14.0. The molecule has 0 saturated carbocycles. The van der Waals surface area contributed by atoms with Crippen molar-refractivity contribution in [3.05, 3.63) is 83.9 Å². The number of hydrogen-bond acceptors (Lipinski definition) is 3. The molecular formula is C22H25NO3. The standard InChI is InChI=1S/C14H14O3.C8H11N/c1-14(17-2,13(15)16)12-9-5-7-10-6-3-4-8-11(10)12;1-7(9)8-5-3-2-4-6-8/h3-9H,1-2H3,(H,15,16);2-7H,9H2,1H3/t14-;7-/m11/s1. The van der Waals surface area contributed by atoms with Gasteiger partial charge in [-0.25, -0.2) is 0 Å². The topological polar surface area (TPSA) is 77.0 Å². The van der Waals surface area contributed by atoms with Crippen LogP contribution in [0.3, 0.4) is 0 Å². The minimum absolute atomic E-state index is 0.409. The third-order valence-electron chi connectivity index (χ3n) is 4.47. The Morgan fingerprint density at radius 3 is 2.12 bits per heavy atom. The van der Waals surface area contributed by atoms with Gasteiger partial charge in [-0.2, -0.15) is 0 Å². The van der Waals surface area contributed by atoms with Crippen LogP contribution in [0.4, 0.5) is 0 Å². The average molecular weight is 351 g/mol. The van der Waals surface area contributed by atoms with Crippen LogP contribution in [0, 0.1) is 0 Å². The maximum absolute atomic E-state index is 11.3. The molecular weight excluding hydrogens is 326 g/mol. The number of methoxy groups -OCH3 is 1. The Labute approximate surface area is 154 Å². The van der Waals surface area contributed by atoms with E-state index in [1.807, 2.05) is 54.6 Å². The lowest BCUT2D eigenvalue weighted by Crippen LogP contribution is -2.51.